The number of ether oxygens (including phenoxy) is 2. The molecule has 0 aliphatic heterocycles. The molecule has 1 aromatic carbocycles. The number of hydrogen-bond acceptors (Lipinski definition) is 5. The van der Waals surface area contributed by atoms with Crippen molar-refractivity contribution in [2.45, 2.75) is 26.9 Å². The van der Waals surface area contributed by atoms with E-state index in [0.717, 1.165) is 12.0 Å². The van der Waals surface area contributed by atoms with E-state index in [0.29, 0.717) is 17.5 Å². The van der Waals surface area contributed by atoms with Crippen LogP contribution in [-0.4, -0.2) is 12.6 Å². The summed E-state index contributed by atoms with van der Waals surface area (Å²) in [6, 6.07) is 8.28. The molecular weight excluding hydrogens is 356 g/mol. The standard InChI is InChI=1S/C20H21ClO5/c1-14(2)9-10-24-19-13-25-17(11-18(19)22)12-26-20(23)8-5-15-3-6-16(21)7-4-15/h3-8,11,13-14H,9-10,12H2,1-2H3/b8-5+. The molecule has 5 nitrogen and oxygen atoms in total. The molecule has 1 heterocycles. The zero-order valence-electron chi connectivity index (χ0n) is 14.7. The maximum absolute atomic E-state index is 11.9. The summed E-state index contributed by atoms with van der Waals surface area (Å²) >= 11 is 5.80. The van der Waals surface area contributed by atoms with Gasteiger partial charge in [0.2, 0.25) is 11.2 Å². The lowest BCUT2D eigenvalue weighted by Crippen LogP contribution is -2.11. The number of benzene rings is 1. The maximum atomic E-state index is 11.9. The largest absolute Gasteiger partial charge is 0.487 e. The molecule has 0 radical (unpaired) electrons. The topological polar surface area (TPSA) is 65.7 Å². The van der Waals surface area contributed by atoms with Crippen LogP contribution in [0.5, 0.6) is 5.75 Å². The van der Waals surface area contributed by atoms with E-state index >= 15 is 0 Å². The van der Waals surface area contributed by atoms with Crippen LogP contribution in [0.15, 0.2) is 51.9 Å². The highest BCUT2D eigenvalue weighted by molar-refractivity contribution is 6.30. The number of hydrogen-bond donors (Lipinski definition) is 0. The summed E-state index contributed by atoms with van der Waals surface area (Å²) in [5.41, 5.74) is 0.517. The van der Waals surface area contributed by atoms with Gasteiger partial charge < -0.3 is 13.9 Å². The van der Waals surface area contributed by atoms with E-state index in [1.165, 1.54) is 18.4 Å². The van der Waals surface area contributed by atoms with Gasteiger partial charge in [0.15, 0.2) is 0 Å². The van der Waals surface area contributed by atoms with E-state index in [4.69, 9.17) is 25.5 Å². The first-order chi connectivity index (χ1) is 12.4. The van der Waals surface area contributed by atoms with Gasteiger partial charge in [0.25, 0.3) is 0 Å². The lowest BCUT2D eigenvalue weighted by atomic mass is 10.1. The summed E-state index contributed by atoms with van der Waals surface area (Å²) in [4.78, 5) is 23.7. The van der Waals surface area contributed by atoms with Gasteiger partial charge in [-0.25, -0.2) is 4.79 Å². The second-order valence-electron chi connectivity index (χ2n) is 6.10. The Balaban J connectivity index is 1.84. The average molecular weight is 377 g/mol. The summed E-state index contributed by atoms with van der Waals surface area (Å²) in [6.45, 7) is 4.47. The van der Waals surface area contributed by atoms with Crippen LogP contribution in [0.4, 0.5) is 0 Å². The summed E-state index contributed by atoms with van der Waals surface area (Å²) in [6.07, 6.45) is 5.00. The molecule has 2 aromatic rings. The molecule has 0 aliphatic rings. The molecule has 0 aliphatic carbocycles. The number of halogens is 1. The molecule has 0 bridgehead atoms. The van der Waals surface area contributed by atoms with E-state index in [9.17, 15) is 9.59 Å². The molecule has 26 heavy (non-hydrogen) atoms. The molecule has 0 N–H and O–H groups in total. The second kappa shape index (κ2) is 9.82. The van der Waals surface area contributed by atoms with E-state index in [1.807, 2.05) is 0 Å². The van der Waals surface area contributed by atoms with Gasteiger partial charge in [-0.3, -0.25) is 4.79 Å². The van der Waals surface area contributed by atoms with Gasteiger partial charge in [-0.05, 0) is 36.1 Å². The SMILES string of the molecule is CC(C)CCOc1coc(COC(=O)/C=C/c2ccc(Cl)cc2)cc1=O. The fourth-order valence-electron chi connectivity index (χ4n) is 1.95. The van der Waals surface area contributed by atoms with Crippen molar-refractivity contribution >= 4 is 23.6 Å². The molecule has 1 aromatic heterocycles. The minimum Gasteiger partial charge on any atom is -0.487 e. The summed E-state index contributed by atoms with van der Waals surface area (Å²) in [5, 5.41) is 0.622. The normalized spacial score (nSPS) is 11.1. The van der Waals surface area contributed by atoms with Crippen molar-refractivity contribution in [3.63, 3.8) is 0 Å². The van der Waals surface area contributed by atoms with Crippen molar-refractivity contribution in [1.29, 1.82) is 0 Å². The summed E-state index contributed by atoms with van der Waals surface area (Å²) in [5.74, 6) is 0.351. The predicted molar refractivity (Wildman–Crippen MR) is 100 cm³/mol. The van der Waals surface area contributed by atoms with Crippen LogP contribution in [-0.2, 0) is 16.1 Å². The van der Waals surface area contributed by atoms with Gasteiger partial charge in [-0.1, -0.05) is 37.6 Å². The average Bonchev–Trinajstić information content (AvgIpc) is 2.61. The maximum Gasteiger partial charge on any atom is 0.331 e. The highest BCUT2D eigenvalue weighted by Crippen LogP contribution is 2.11. The Morgan fingerprint density at radius 2 is 2.00 bits per heavy atom. The smallest absolute Gasteiger partial charge is 0.331 e. The van der Waals surface area contributed by atoms with E-state index in [-0.39, 0.29) is 23.5 Å². The lowest BCUT2D eigenvalue weighted by Gasteiger charge is -2.07. The quantitative estimate of drug-likeness (QED) is 0.502. The van der Waals surface area contributed by atoms with Crippen LogP contribution in [0, 0.1) is 5.92 Å². The summed E-state index contributed by atoms with van der Waals surface area (Å²) < 4.78 is 15.7. The highest BCUT2D eigenvalue weighted by Gasteiger charge is 2.07. The van der Waals surface area contributed by atoms with Crippen molar-refractivity contribution < 1.29 is 18.7 Å². The van der Waals surface area contributed by atoms with Gasteiger partial charge in [-0.2, -0.15) is 0 Å². The molecule has 0 unspecified atom stereocenters. The van der Waals surface area contributed by atoms with E-state index in [1.54, 1.807) is 30.3 Å². The first-order valence-corrected chi connectivity index (χ1v) is 8.67. The molecule has 138 valence electrons. The molecule has 0 amide bonds. The minimum atomic E-state index is -0.542. The van der Waals surface area contributed by atoms with Crippen LogP contribution in [0.25, 0.3) is 6.08 Å². The molecule has 2 rings (SSSR count). The number of esters is 1. The molecular formula is C20H21ClO5. The van der Waals surface area contributed by atoms with Crippen molar-refractivity contribution in [3.05, 3.63) is 69.2 Å². The Kier molecular flexibility index (Phi) is 7.48. The molecule has 0 spiro atoms. The zero-order chi connectivity index (χ0) is 18.9. The third kappa shape index (κ3) is 6.76. The number of carbonyl (C=O) groups is 1. The molecule has 0 saturated carbocycles. The first-order valence-electron chi connectivity index (χ1n) is 8.29. The Hall–Kier alpha value is -2.53. The van der Waals surface area contributed by atoms with Crippen molar-refractivity contribution in [2.75, 3.05) is 6.61 Å². The van der Waals surface area contributed by atoms with Crippen LogP contribution in [0.3, 0.4) is 0 Å². The first kappa shape index (κ1) is 19.8. The molecule has 0 fully saturated rings. The Bertz CT molecular complexity index is 806. The third-order valence-corrected chi connectivity index (χ3v) is 3.70. The second-order valence-corrected chi connectivity index (χ2v) is 6.53. The Morgan fingerprint density at radius 3 is 2.65 bits per heavy atom. The monoisotopic (exact) mass is 376 g/mol. The summed E-state index contributed by atoms with van der Waals surface area (Å²) in [7, 11) is 0. The third-order valence-electron chi connectivity index (χ3n) is 3.44. The predicted octanol–water partition coefficient (Wildman–Crippen LogP) is 4.47. The minimum absolute atomic E-state index is 0.134. The number of rotatable bonds is 8. The van der Waals surface area contributed by atoms with Crippen molar-refractivity contribution in [2.24, 2.45) is 5.92 Å². The van der Waals surface area contributed by atoms with Gasteiger partial charge in [0, 0.05) is 17.2 Å². The van der Waals surface area contributed by atoms with Crippen LogP contribution in [0.2, 0.25) is 5.02 Å². The van der Waals surface area contributed by atoms with E-state index < -0.39 is 5.97 Å². The fourth-order valence-corrected chi connectivity index (χ4v) is 2.08. The number of carbonyl (C=O) groups excluding carboxylic acids is 1. The van der Waals surface area contributed by atoms with Crippen molar-refractivity contribution in [1.82, 2.24) is 0 Å². The van der Waals surface area contributed by atoms with Crippen LogP contribution < -0.4 is 10.2 Å². The van der Waals surface area contributed by atoms with Gasteiger partial charge in [0.05, 0.1) is 6.61 Å². The van der Waals surface area contributed by atoms with E-state index in [2.05, 4.69) is 13.8 Å². The van der Waals surface area contributed by atoms with Crippen molar-refractivity contribution in [3.8, 4) is 5.75 Å². The van der Waals surface area contributed by atoms with Gasteiger partial charge in [-0.15, -0.1) is 0 Å². The van der Waals surface area contributed by atoms with Gasteiger partial charge in [0.1, 0.15) is 18.6 Å². The molecule has 6 heteroatoms. The fraction of sp³-hybridized carbons (Fsp3) is 0.300. The zero-order valence-corrected chi connectivity index (χ0v) is 15.5. The van der Waals surface area contributed by atoms with Crippen LogP contribution in [0.1, 0.15) is 31.6 Å². The van der Waals surface area contributed by atoms with Crippen LogP contribution >= 0.6 is 11.6 Å². The Morgan fingerprint density at radius 1 is 1.27 bits per heavy atom. The Labute approximate surface area is 157 Å². The highest BCUT2D eigenvalue weighted by atomic mass is 35.5. The molecule has 0 atom stereocenters. The molecule has 0 saturated heterocycles. The van der Waals surface area contributed by atoms with Gasteiger partial charge >= 0.3 is 5.97 Å². The lowest BCUT2D eigenvalue weighted by molar-refractivity contribution is -0.139.